The number of para-hydroxylation sites is 1. The molecule has 1 unspecified atom stereocenters. The maximum absolute atomic E-state index is 13.4. The summed E-state index contributed by atoms with van der Waals surface area (Å²) in [4.78, 5) is 56.1. The predicted molar refractivity (Wildman–Crippen MR) is 143 cm³/mol. The van der Waals surface area contributed by atoms with E-state index in [0.29, 0.717) is 39.1 Å². The van der Waals surface area contributed by atoms with Crippen LogP contribution >= 0.6 is 23.2 Å². The second kappa shape index (κ2) is 11.5. The molecule has 2 aromatic carbocycles. The summed E-state index contributed by atoms with van der Waals surface area (Å²) in [6.07, 6.45) is 0.878. The maximum atomic E-state index is 13.4. The van der Waals surface area contributed by atoms with Gasteiger partial charge in [-0.3, -0.25) is 9.59 Å². The smallest absolute Gasteiger partial charge is 0.328 e. The quantitative estimate of drug-likeness (QED) is 0.477. The third kappa shape index (κ3) is 5.37. The van der Waals surface area contributed by atoms with Crippen molar-refractivity contribution in [2.24, 2.45) is 0 Å². The highest BCUT2D eigenvalue weighted by Gasteiger charge is 2.53. The number of aliphatic carboxylic acids is 1. The largest absolute Gasteiger partial charge is 0.480 e. The Hall–Kier alpha value is -3.50. The maximum Gasteiger partial charge on any atom is 0.328 e. The molecule has 2 aliphatic heterocycles. The fraction of sp³-hybridized carbons (Fsp3) is 0.385. The lowest BCUT2D eigenvalue weighted by molar-refractivity contribution is -0.139. The predicted octanol–water partition coefficient (Wildman–Crippen LogP) is 3.05. The van der Waals surface area contributed by atoms with Crippen LogP contribution in [-0.2, 0) is 9.59 Å². The Morgan fingerprint density at radius 3 is 2.24 bits per heavy atom. The minimum atomic E-state index is -1.40. The van der Waals surface area contributed by atoms with E-state index in [1.54, 1.807) is 11.0 Å². The summed E-state index contributed by atoms with van der Waals surface area (Å²) in [6.45, 7) is 3.31. The molecule has 10 nitrogen and oxygen atoms in total. The average Bonchev–Trinajstić information content (AvgIpc) is 3.17. The molecule has 202 valence electrons. The second-order valence-corrected chi connectivity index (χ2v) is 10.0. The SMILES string of the molecule is CCN1CN(c2ccccc2)C2(CCN(C(=O)NCC(NC(=O)c3c(Cl)cccc3Cl)C(=O)O)CC2)C1=O. The van der Waals surface area contributed by atoms with E-state index in [9.17, 15) is 24.3 Å². The topological polar surface area (TPSA) is 122 Å². The number of hydrogen-bond acceptors (Lipinski definition) is 5. The Kier molecular flexibility index (Phi) is 8.32. The fourth-order valence-electron chi connectivity index (χ4n) is 4.97. The summed E-state index contributed by atoms with van der Waals surface area (Å²) in [6, 6.07) is 12.4. The van der Waals surface area contributed by atoms with Crippen LogP contribution in [0.3, 0.4) is 0 Å². The summed E-state index contributed by atoms with van der Waals surface area (Å²) in [7, 11) is 0. The van der Waals surface area contributed by atoms with Gasteiger partial charge in [-0.15, -0.1) is 0 Å². The first kappa shape index (κ1) is 27.5. The van der Waals surface area contributed by atoms with E-state index < -0.39 is 29.5 Å². The Morgan fingerprint density at radius 2 is 1.66 bits per heavy atom. The minimum Gasteiger partial charge on any atom is -0.480 e. The minimum absolute atomic E-state index is 0.0416. The number of likely N-dealkylation sites (tertiary alicyclic amines) is 1. The molecule has 0 bridgehead atoms. The molecule has 12 heteroatoms. The molecule has 2 aromatic rings. The second-order valence-electron chi connectivity index (χ2n) is 9.23. The van der Waals surface area contributed by atoms with Crippen molar-refractivity contribution in [1.29, 1.82) is 0 Å². The van der Waals surface area contributed by atoms with Gasteiger partial charge in [-0.05, 0) is 44.0 Å². The molecule has 4 rings (SSSR count). The highest BCUT2D eigenvalue weighted by molar-refractivity contribution is 6.39. The van der Waals surface area contributed by atoms with Crippen molar-refractivity contribution in [2.45, 2.75) is 31.3 Å². The van der Waals surface area contributed by atoms with Crippen molar-refractivity contribution >= 4 is 52.7 Å². The molecule has 4 amide bonds. The van der Waals surface area contributed by atoms with E-state index in [2.05, 4.69) is 15.5 Å². The van der Waals surface area contributed by atoms with E-state index in [-0.39, 0.29) is 28.1 Å². The number of likely N-dealkylation sites (N-methyl/N-ethyl adjacent to an activating group) is 1. The van der Waals surface area contributed by atoms with Gasteiger partial charge in [0.15, 0.2) is 0 Å². The molecule has 38 heavy (non-hydrogen) atoms. The molecule has 2 aliphatic rings. The first-order chi connectivity index (χ1) is 18.2. The molecule has 0 saturated carbocycles. The number of anilines is 1. The van der Waals surface area contributed by atoms with E-state index in [1.165, 1.54) is 12.1 Å². The van der Waals surface area contributed by atoms with Gasteiger partial charge in [0.25, 0.3) is 5.91 Å². The van der Waals surface area contributed by atoms with Crippen LogP contribution in [0.1, 0.15) is 30.1 Å². The van der Waals surface area contributed by atoms with Crippen LogP contribution in [0.5, 0.6) is 0 Å². The van der Waals surface area contributed by atoms with Gasteiger partial charge < -0.3 is 30.4 Å². The fourth-order valence-corrected chi connectivity index (χ4v) is 5.54. The summed E-state index contributed by atoms with van der Waals surface area (Å²) in [5.74, 6) is -2.03. The van der Waals surface area contributed by atoms with Crippen LogP contribution in [-0.4, -0.2) is 83.1 Å². The molecule has 3 N–H and O–H groups in total. The molecular formula is C26H29Cl2N5O5. The molecule has 0 aliphatic carbocycles. The number of carboxylic acid groups (broad SMARTS) is 1. The average molecular weight is 562 g/mol. The van der Waals surface area contributed by atoms with Gasteiger partial charge in [-0.25, -0.2) is 9.59 Å². The van der Waals surface area contributed by atoms with Crippen LogP contribution in [0.4, 0.5) is 10.5 Å². The molecule has 0 radical (unpaired) electrons. The zero-order valence-electron chi connectivity index (χ0n) is 20.8. The molecule has 1 atom stereocenters. The zero-order chi connectivity index (χ0) is 27.4. The number of carboxylic acids is 1. The molecule has 1 spiro atoms. The zero-order valence-corrected chi connectivity index (χ0v) is 22.3. The van der Waals surface area contributed by atoms with Crippen LogP contribution in [0.2, 0.25) is 10.0 Å². The standard InChI is InChI=1S/C26H29Cl2N5O5/c1-2-31-16-33(17-7-4-3-5-8-17)26(24(31)37)11-13-32(14-12-26)25(38)29-15-20(23(35)36)30-22(34)21-18(27)9-6-10-19(21)28/h3-10,20H,2,11-16H2,1H3,(H,29,38)(H,30,34)(H,35,36). The third-order valence-corrected chi connectivity index (χ3v) is 7.72. The molecule has 0 aromatic heterocycles. The molecule has 2 fully saturated rings. The Labute approximate surface area is 230 Å². The number of benzene rings is 2. The molecule has 2 heterocycles. The number of nitrogens with zero attached hydrogens (tertiary/aromatic N) is 3. The Balaban J connectivity index is 1.38. The number of hydrogen-bond donors (Lipinski definition) is 3. The van der Waals surface area contributed by atoms with E-state index in [1.807, 2.05) is 42.2 Å². The number of rotatable bonds is 7. The van der Waals surface area contributed by atoms with Gasteiger partial charge >= 0.3 is 12.0 Å². The summed E-state index contributed by atoms with van der Waals surface area (Å²) < 4.78 is 0. The van der Waals surface area contributed by atoms with Gasteiger partial charge in [0.1, 0.15) is 11.6 Å². The number of nitrogens with one attached hydrogen (secondary N) is 2. The van der Waals surface area contributed by atoms with Gasteiger partial charge in [-0.2, -0.15) is 0 Å². The van der Waals surface area contributed by atoms with Crippen LogP contribution in [0, 0.1) is 0 Å². The van der Waals surface area contributed by atoms with Crippen LogP contribution < -0.4 is 15.5 Å². The molecular weight excluding hydrogens is 533 g/mol. The monoisotopic (exact) mass is 561 g/mol. The lowest BCUT2D eigenvalue weighted by Crippen LogP contribution is -2.59. The van der Waals surface area contributed by atoms with Crippen molar-refractivity contribution in [1.82, 2.24) is 20.4 Å². The van der Waals surface area contributed by atoms with Gasteiger partial charge in [0.05, 0.1) is 28.8 Å². The van der Waals surface area contributed by atoms with E-state index >= 15 is 0 Å². The summed E-state index contributed by atoms with van der Waals surface area (Å²) in [5, 5.41) is 14.7. The summed E-state index contributed by atoms with van der Waals surface area (Å²) >= 11 is 12.1. The third-order valence-electron chi connectivity index (χ3n) is 7.09. The van der Waals surface area contributed by atoms with Crippen molar-refractivity contribution in [3.63, 3.8) is 0 Å². The lowest BCUT2D eigenvalue weighted by atomic mass is 9.85. The first-order valence-corrected chi connectivity index (χ1v) is 13.1. The van der Waals surface area contributed by atoms with Crippen LogP contribution in [0.15, 0.2) is 48.5 Å². The number of urea groups is 1. The normalized spacial score (nSPS) is 17.4. The highest BCUT2D eigenvalue weighted by atomic mass is 35.5. The number of amides is 4. The lowest BCUT2D eigenvalue weighted by Gasteiger charge is -2.43. The van der Waals surface area contributed by atoms with Crippen molar-refractivity contribution in [3.8, 4) is 0 Å². The first-order valence-electron chi connectivity index (χ1n) is 12.3. The number of carbonyl (C=O) groups is 4. The van der Waals surface area contributed by atoms with Crippen LogP contribution in [0.25, 0.3) is 0 Å². The summed E-state index contributed by atoms with van der Waals surface area (Å²) in [5.41, 5.74) is 0.174. The van der Waals surface area contributed by atoms with E-state index in [4.69, 9.17) is 23.2 Å². The van der Waals surface area contributed by atoms with Crippen molar-refractivity contribution in [2.75, 3.05) is 37.7 Å². The molecule has 2 saturated heterocycles. The van der Waals surface area contributed by atoms with Gasteiger partial charge in [-0.1, -0.05) is 47.5 Å². The van der Waals surface area contributed by atoms with Crippen molar-refractivity contribution in [3.05, 3.63) is 64.1 Å². The number of carbonyl (C=O) groups excluding carboxylic acids is 3. The Morgan fingerprint density at radius 1 is 1.03 bits per heavy atom. The number of piperidine rings is 1. The Bertz CT molecular complexity index is 1200. The van der Waals surface area contributed by atoms with Gasteiger partial charge in [0, 0.05) is 25.3 Å². The number of halogens is 2. The highest BCUT2D eigenvalue weighted by Crippen LogP contribution is 2.39. The van der Waals surface area contributed by atoms with Crippen molar-refractivity contribution < 1.29 is 24.3 Å². The van der Waals surface area contributed by atoms with Gasteiger partial charge in [0.2, 0.25) is 5.91 Å². The van der Waals surface area contributed by atoms with E-state index in [0.717, 1.165) is 5.69 Å².